The Bertz CT molecular complexity index is 460. The molecule has 7 nitrogen and oxygen atoms in total. The molecule has 1 aliphatic heterocycles. The third-order valence-corrected chi connectivity index (χ3v) is 3.19. The van der Waals surface area contributed by atoms with Gasteiger partial charge in [-0.15, -0.1) is 0 Å². The number of hydrogen-bond acceptors (Lipinski definition) is 6. The molecule has 7 heteroatoms. The highest BCUT2D eigenvalue weighted by molar-refractivity contribution is 5.60. The van der Waals surface area contributed by atoms with Crippen molar-refractivity contribution in [2.45, 2.75) is 25.4 Å². The van der Waals surface area contributed by atoms with Gasteiger partial charge in [-0.05, 0) is 25.3 Å². The minimum Gasteiger partial charge on any atom is -0.384 e. The van der Waals surface area contributed by atoms with Crippen LogP contribution in [-0.2, 0) is 4.74 Å². The lowest BCUT2D eigenvalue weighted by Crippen LogP contribution is -2.34. The van der Waals surface area contributed by atoms with Crippen molar-refractivity contribution >= 4 is 17.3 Å². The fourth-order valence-electron chi connectivity index (χ4n) is 2.22. The number of ether oxygens (including phenoxy) is 1. The lowest BCUT2D eigenvalue weighted by atomic mass is 10.1. The Kier molecular flexibility index (Phi) is 4.16. The summed E-state index contributed by atoms with van der Waals surface area (Å²) in [6.45, 7) is 1.34. The second-order valence-corrected chi connectivity index (χ2v) is 4.71. The Labute approximate surface area is 111 Å². The van der Waals surface area contributed by atoms with Crippen LogP contribution in [0.5, 0.6) is 0 Å². The maximum Gasteiger partial charge on any atom is 0.311 e. The lowest BCUT2D eigenvalue weighted by Gasteiger charge is -2.27. The van der Waals surface area contributed by atoms with E-state index in [1.807, 2.05) is 0 Å². The molecule has 1 atom stereocenters. The Morgan fingerprint density at radius 1 is 1.58 bits per heavy atom. The summed E-state index contributed by atoms with van der Waals surface area (Å²) in [6, 6.07) is 2.82. The second kappa shape index (κ2) is 5.83. The van der Waals surface area contributed by atoms with Gasteiger partial charge in [-0.1, -0.05) is 0 Å². The summed E-state index contributed by atoms with van der Waals surface area (Å²) in [6.07, 6.45) is 3.28. The predicted molar refractivity (Wildman–Crippen MR) is 72.2 cm³/mol. The first-order valence-electron chi connectivity index (χ1n) is 6.31. The molecule has 1 aromatic heterocycles. The minimum atomic E-state index is -0.444. The first-order chi connectivity index (χ1) is 9.08. The third kappa shape index (κ3) is 3.31. The Morgan fingerprint density at radius 2 is 2.37 bits per heavy atom. The molecule has 0 aliphatic carbocycles. The van der Waals surface area contributed by atoms with Crippen molar-refractivity contribution in [3.63, 3.8) is 0 Å². The van der Waals surface area contributed by atoms with Crippen molar-refractivity contribution in [2.75, 3.05) is 30.8 Å². The number of rotatable bonds is 4. The van der Waals surface area contributed by atoms with E-state index in [0.29, 0.717) is 12.4 Å². The molecule has 0 bridgehead atoms. The van der Waals surface area contributed by atoms with Crippen LogP contribution in [0.25, 0.3) is 0 Å². The summed E-state index contributed by atoms with van der Waals surface area (Å²) in [4.78, 5) is 16.4. The van der Waals surface area contributed by atoms with Crippen LogP contribution in [0, 0.1) is 10.1 Å². The molecule has 2 heterocycles. The van der Waals surface area contributed by atoms with Gasteiger partial charge in [-0.3, -0.25) is 10.1 Å². The van der Waals surface area contributed by atoms with E-state index in [1.54, 1.807) is 11.9 Å². The van der Waals surface area contributed by atoms with E-state index < -0.39 is 4.92 Å². The molecule has 1 aliphatic rings. The number of aromatic nitrogens is 1. The fraction of sp³-hybridized carbons (Fsp3) is 0.583. The van der Waals surface area contributed by atoms with Crippen molar-refractivity contribution in [2.24, 2.45) is 0 Å². The lowest BCUT2D eigenvalue weighted by molar-refractivity contribution is -0.384. The summed E-state index contributed by atoms with van der Waals surface area (Å²) in [5.74, 6) is 0.566. The molecule has 1 fully saturated rings. The number of nitro groups is 1. The van der Waals surface area contributed by atoms with Crippen LogP contribution in [-0.4, -0.2) is 36.2 Å². The summed E-state index contributed by atoms with van der Waals surface area (Å²) < 4.78 is 5.63. The molecule has 104 valence electrons. The summed E-state index contributed by atoms with van der Waals surface area (Å²) in [7, 11) is 1.77. The van der Waals surface area contributed by atoms with Crippen LogP contribution in [0.1, 0.15) is 19.3 Å². The number of nitrogens with zero attached hydrogens (tertiary/aromatic N) is 3. The van der Waals surface area contributed by atoms with Crippen molar-refractivity contribution in [1.82, 2.24) is 4.98 Å². The molecule has 0 amide bonds. The van der Waals surface area contributed by atoms with Crippen LogP contribution in [0.3, 0.4) is 0 Å². The molecule has 0 spiro atoms. The van der Waals surface area contributed by atoms with E-state index in [1.165, 1.54) is 12.1 Å². The van der Waals surface area contributed by atoms with Crippen LogP contribution in [0.2, 0.25) is 0 Å². The Morgan fingerprint density at radius 3 is 3.00 bits per heavy atom. The highest BCUT2D eigenvalue weighted by Crippen LogP contribution is 2.27. The van der Waals surface area contributed by atoms with Gasteiger partial charge in [0.25, 0.3) is 0 Å². The first-order valence-corrected chi connectivity index (χ1v) is 6.31. The summed E-state index contributed by atoms with van der Waals surface area (Å²) in [5, 5.41) is 11.0. The molecule has 2 N–H and O–H groups in total. The minimum absolute atomic E-state index is 0.0347. The number of nitrogens with two attached hydrogens (primary N) is 1. The van der Waals surface area contributed by atoms with E-state index in [-0.39, 0.29) is 17.6 Å². The average molecular weight is 266 g/mol. The van der Waals surface area contributed by atoms with Gasteiger partial charge < -0.3 is 15.4 Å². The predicted octanol–water partition coefficient (Wildman–Crippen LogP) is 1.58. The number of anilines is 2. The molecular formula is C12H18N4O3. The van der Waals surface area contributed by atoms with E-state index in [2.05, 4.69) is 4.98 Å². The summed E-state index contributed by atoms with van der Waals surface area (Å²) in [5.41, 5.74) is 5.57. The molecule has 1 aromatic rings. The number of hydrogen-bond donors (Lipinski definition) is 1. The Balaban J connectivity index is 2.14. The van der Waals surface area contributed by atoms with Gasteiger partial charge in [-0.25, -0.2) is 4.98 Å². The molecule has 0 saturated carbocycles. The average Bonchev–Trinajstić information content (AvgIpc) is 2.39. The van der Waals surface area contributed by atoms with Gasteiger partial charge in [0.05, 0.1) is 11.0 Å². The highest BCUT2D eigenvalue weighted by atomic mass is 16.6. The fourth-order valence-corrected chi connectivity index (χ4v) is 2.22. The zero-order chi connectivity index (χ0) is 13.8. The van der Waals surface area contributed by atoms with Crippen molar-refractivity contribution in [3.05, 3.63) is 22.2 Å². The van der Waals surface area contributed by atoms with E-state index in [0.717, 1.165) is 25.9 Å². The van der Waals surface area contributed by atoms with Gasteiger partial charge in [-0.2, -0.15) is 0 Å². The van der Waals surface area contributed by atoms with Crippen LogP contribution in [0.4, 0.5) is 17.3 Å². The number of pyridine rings is 1. The molecule has 2 rings (SSSR count). The quantitative estimate of drug-likeness (QED) is 0.656. The van der Waals surface area contributed by atoms with Crippen molar-refractivity contribution in [1.29, 1.82) is 0 Å². The summed E-state index contributed by atoms with van der Waals surface area (Å²) >= 11 is 0. The normalized spacial score (nSPS) is 19.1. The van der Waals surface area contributed by atoms with E-state index in [9.17, 15) is 10.1 Å². The monoisotopic (exact) mass is 266 g/mol. The number of likely N-dealkylation sites (N-methyl/N-ethyl adjacent to an activating group) is 1. The molecule has 1 unspecified atom stereocenters. The maximum atomic E-state index is 11.0. The molecular weight excluding hydrogens is 248 g/mol. The first kappa shape index (κ1) is 13.5. The van der Waals surface area contributed by atoms with Gasteiger partial charge in [0.2, 0.25) is 5.82 Å². The van der Waals surface area contributed by atoms with E-state index >= 15 is 0 Å². The third-order valence-electron chi connectivity index (χ3n) is 3.19. The molecule has 19 heavy (non-hydrogen) atoms. The van der Waals surface area contributed by atoms with Gasteiger partial charge in [0.15, 0.2) is 0 Å². The molecule has 0 radical (unpaired) electrons. The standard InChI is InChI=1S/C12H18N4O3/c1-15(8-9-4-2-3-7-19-9)12-10(16(17)18)5-6-11(13)14-12/h5-6,9H,2-4,7-8H2,1H3,(H2,13,14). The van der Waals surface area contributed by atoms with E-state index in [4.69, 9.17) is 10.5 Å². The SMILES string of the molecule is CN(CC1CCCCO1)c1nc(N)ccc1[N+](=O)[O-]. The second-order valence-electron chi connectivity index (χ2n) is 4.71. The van der Waals surface area contributed by atoms with Crippen molar-refractivity contribution in [3.8, 4) is 0 Å². The maximum absolute atomic E-state index is 11.0. The molecule has 0 aromatic carbocycles. The van der Waals surface area contributed by atoms with Gasteiger partial charge >= 0.3 is 5.69 Å². The number of nitrogen functional groups attached to an aromatic ring is 1. The largest absolute Gasteiger partial charge is 0.384 e. The van der Waals surface area contributed by atoms with Crippen LogP contribution >= 0.6 is 0 Å². The topological polar surface area (TPSA) is 94.5 Å². The zero-order valence-electron chi connectivity index (χ0n) is 10.9. The van der Waals surface area contributed by atoms with Crippen LogP contribution in [0.15, 0.2) is 12.1 Å². The zero-order valence-corrected chi connectivity index (χ0v) is 10.9. The van der Waals surface area contributed by atoms with Crippen molar-refractivity contribution < 1.29 is 9.66 Å². The smallest absolute Gasteiger partial charge is 0.311 e. The van der Waals surface area contributed by atoms with Crippen LogP contribution < -0.4 is 10.6 Å². The van der Waals surface area contributed by atoms with Gasteiger partial charge in [0.1, 0.15) is 5.82 Å². The highest BCUT2D eigenvalue weighted by Gasteiger charge is 2.23. The Hall–Kier alpha value is -1.89. The van der Waals surface area contributed by atoms with Gasteiger partial charge in [0, 0.05) is 26.3 Å². The molecule has 1 saturated heterocycles.